The smallest absolute Gasteiger partial charge is 0.00388 e. The first kappa shape index (κ1) is 14.8. The lowest BCUT2D eigenvalue weighted by Gasteiger charge is -2.26. The summed E-state index contributed by atoms with van der Waals surface area (Å²) in [4.78, 5) is 2.57. The maximum absolute atomic E-state index is 2.57. The first-order chi connectivity index (χ1) is 9.75. The first-order valence-corrected chi connectivity index (χ1v) is 7.57. The van der Waals surface area contributed by atoms with Gasteiger partial charge in [0.1, 0.15) is 0 Å². The average molecular weight is 267 g/mol. The highest BCUT2D eigenvalue weighted by Gasteiger charge is 2.09. The quantitative estimate of drug-likeness (QED) is 0.727. The zero-order chi connectivity index (χ0) is 14.2. The maximum atomic E-state index is 2.57. The van der Waals surface area contributed by atoms with Crippen LogP contribution < -0.4 is 0 Å². The molecule has 0 fully saturated rings. The molecule has 0 spiro atoms. The van der Waals surface area contributed by atoms with Crippen LogP contribution in [0.3, 0.4) is 0 Å². The summed E-state index contributed by atoms with van der Waals surface area (Å²) >= 11 is 0. The van der Waals surface area contributed by atoms with Crippen LogP contribution in [0.15, 0.2) is 60.7 Å². The van der Waals surface area contributed by atoms with E-state index in [-0.39, 0.29) is 0 Å². The molecule has 0 aliphatic heterocycles. The zero-order valence-electron chi connectivity index (χ0n) is 12.6. The van der Waals surface area contributed by atoms with Crippen molar-refractivity contribution in [3.05, 3.63) is 71.8 Å². The van der Waals surface area contributed by atoms with E-state index in [1.807, 2.05) is 0 Å². The second-order valence-corrected chi connectivity index (χ2v) is 5.60. The van der Waals surface area contributed by atoms with Crippen LogP contribution in [0.2, 0.25) is 0 Å². The minimum Gasteiger partial charge on any atom is -0.300 e. The van der Waals surface area contributed by atoms with Gasteiger partial charge in [-0.15, -0.1) is 0 Å². The van der Waals surface area contributed by atoms with Crippen molar-refractivity contribution in [2.45, 2.75) is 32.7 Å². The van der Waals surface area contributed by atoms with Gasteiger partial charge >= 0.3 is 0 Å². The molecular weight excluding hydrogens is 242 g/mol. The Bertz CT molecular complexity index is 432. The third-order valence-corrected chi connectivity index (χ3v) is 3.79. The Balaban J connectivity index is 1.84. The highest BCUT2D eigenvalue weighted by atomic mass is 15.1. The fourth-order valence-corrected chi connectivity index (χ4v) is 2.46. The minimum atomic E-state index is 0.599. The van der Waals surface area contributed by atoms with Crippen LogP contribution in [0.1, 0.15) is 25.0 Å². The van der Waals surface area contributed by atoms with Crippen LogP contribution in [0, 0.1) is 0 Å². The predicted octanol–water partition coefficient (Wildman–Crippen LogP) is 4.18. The van der Waals surface area contributed by atoms with Gasteiger partial charge in [-0.3, -0.25) is 0 Å². The van der Waals surface area contributed by atoms with E-state index in [9.17, 15) is 0 Å². The molecule has 0 atom stereocenters. The van der Waals surface area contributed by atoms with Crippen LogP contribution >= 0.6 is 0 Å². The summed E-state index contributed by atoms with van der Waals surface area (Å²) in [6.07, 6.45) is 2.27. The lowest BCUT2D eigenvalue weighted by atomic mass is 10.1. The minimum absolute atomic E-state index is 0.599. The van der Waals surface area contributed by atoms with E-state index in [0.29, 0.717) is 6.04 Å². The van der Waals surface area contributed by atoms with Gasteiger partial charge in [-0.05, 0) is 37.8 Å². The summed E-state index contributed by atoms with van der Waals surface area (Å²) < 4.78 is 0. The molecule has 0 bridgehead atoms. The van der Waals surface area contributed by atoms with Gasteiger partial charge < -0.3 is 4.90 Å². The molecule has 106 valence electrons. The molecule has 0 aliphatic rings. The molecule has 2 aromatic rings. The Morgan fingerprint density at radius 1 is 0.700 bits per heavy atom. The molecule has 0 radical (unpaired) electrons. The fraction of sp³-hybridized carbons (Fsp3) is 0.368. The number of nitrogens with zero attached hydrogens (tertiary/aromatic N) is 1. The van der Waals surface area contributed by atoms with Crippen molar-refractivity contribution in [1.29, 1.82) is 0 Å². The van der Waals surface area contributed by atoms with Gasteiger partial charge in [0.2, 0.25) is 0 Å². The Labute approximate surface area is 123 Å². The summed E-state index contributed by atoms with van der Waals surface area (Å²) in [5, 5.41) is 0. The molecule has 0 saturated heterocycles. The van der Waals surface area contributed by atoms with Crippen molar-refractivity contribution in [1.82, 2.24) is 4.90 Å². The van der Waals surface area contributed by atoms with E-state index in [4.69, 9.17) is 0 Å². The summed E-state index contributed by atoms with van der Waals surface area (Å²) in [5.41, 5.74) is 2.86. The van der Waals surface area contributed by atoms with Gasteiger partial charge in [0.15, 0.2) is 0 Å². The molecule has 1 nitrogen and oxygen atoms in total. The highest BCUT2D eigenvalue weighted by Crippen LogP contribution is 2.07. The van der Waals surface area contributed by atoms with E-state index >= 15 is 0 Å². The van der Waals surface area contributed by atoms with E-state index in [0.717, 1.165) is 25.9 Å². The third kappa shape index (κ3) is 4.82. The van der Waals surface area contributed by atoms with Crippen molar-refractivity contribution < 1.29 is 0 Å². The Morgan fingerprint density at radius 2 is 1.10 bits per heavy atom. The lowest BCUT2D eigenvalue weighted by Crippen LogP contribution is -2.34. The lowest BCUT2D eigenvalue weighted by molar-refractivity contribution is 0.227. The van der Waals surface area contributed by atoms with Crippen molar-refractivity contribution in [2.75, 3.05) is 13.1 Å². The molecule has 0 heterocycles. The topological polar surface area (TPSA) is 3.24 Å². The number of hydrogen-bond donors (Lipinski definition) is 0. The molecule has 0 N–H and O–H groups in total. The van der Waals surface area contributed by atoms with Gasteiger partial charge in [0, 0.05) is 19.1 Å². The summed E-state index contributed by atoms with van der Waals surface area (Å²) in [7, 11) is 0. The summed E-state index contributed by atoms with van der Waals surface area (Å²) in [6.45, 7) is 6.84. The van der Waals surface area contributed by atoms with Gasteiger partial charge in [0.05, 0.1) is 0 Å². The SMILES string of the molecule is CC(C)N(CCc1ccccc1)CCc1ccccc1. The van der Waals surface area contributed by atoms with Crippen molar-refractivity contribution in [3.63, 3.8) is 0 Å². The molecule has 2 aromatic carbocycles. The Morgan fingerprint density at radius 3 is 1.45 bits per heavy atom. The van der Waals surface area contributed by atoms with Crippen LogP contribution in [0.25, 0.3) is 0 Å². The largest absolute Gasteiger partial charge is 0.300 e. The van der Waals surface area contributed by atoms with E-state index < -0.39 is 0 Å². The normalized spacial score (nSPS) is 11.2. The van der Waals surface area contributed by atoms with Crippen LogP contribution in [0.4, 0.5) is 0 Å². The molecule has 0 amide bonds. The standard InChI is InChI=1S/C19H25N/c1-17(2)20(15-13-18-9-5-3-6-10-18)16-14-19-11-7-4-8-12-19/h3-12,17H,13-16H2,1-2H3. The van der Waals surface area contributed by atoms with Crippen molar-refractivity contribution in [3.8, 4) is 0 Å². The van der Waals surface area contributed by atoms with Crippen molar-refractivity contribution in [2.24, 2.45) is 0 Å². The van der Waals surface area contributed by atoms with Gasteiger partial charge in [-0.2, -0.15) is 0 Å². The molecule has 20 heavy (non-hydrogen) atoms. The second kappa shape index (κ2) is 7.86. The molecule has 0 saturated carbocycles. The second-order valence-electron chi connectivity index (χ2n) is 5.60. The van der Waals surface area contributed by atoms with Crippen LogP contribution in [0.5, 0.6) is 0 Å². The number of hydrogen-bond acceptors (Lipinski definition) is 1. The molecule has 0 unspecified atom stereocenters. The molecular formula is C19H25N. The van der Waals surface area contributed by atoms with E-state index in [1.165, 1.54) is 11.1 Å². The van der Waals surface area contributed by atoms with E-state index in [1.54, 1.807) is 0 Å². The number of benzene rings is 2. The zero-order valence-corrected chi connectivity index (χ0v) is 12.6. The number of rotatable bonds is 7. The molecule has 0 aliphatic carbocycles. The predicted molar refractivity (Wildman–Crippen MR) is 87.0 cm³/mol. The highest BCUT2D eigenvalue weighted by molar-refractivity contribution is 5.16. The molecule has 2 rings (SSSR count). The third-order valence-electron chi connectivity index (χ3n) is 3.79. The van der Waals surface area contributed by atoms with Gasteiger partial charge in [0.25, 0.3) is 0 Å². The fourth-order valence-electron chi connectivity index (χ4n) is 2.46. The molecule has 0 aromatic heterocycles. The van der Waals surface area contributed by atoms with Crippen LogP contribution in [-0.2, 0) is 12.8 Å². The van der Waals surface area contributed by atoms with Crippen LogP contribution in [-0.4, -0.2) is 24.0 Å². The summed E-state index contributed by atoms with van der Waals surface area (Å²) in [5.74, 6) is 0. The monoisotopic (exact) mass is 267 g/mol. The van der Waals surface area contributed by atoms with E-state index in [2.05, 4.69) is 79.4 Å². The summed E-state index contributed by atoms with van der Waals surface area (Å²) in [6, 6.07) is 22.1. The van der Waals surface area contributed by atoms with Crippen molar-refractivity contribution >= 4 is 0 Å². The van der Waals surface area contributed by atoms with Gasteiger partial charge in [-0.25, -0.2) is 0 Å². The Hall–Kier alpha value is -1.60. The maximum Gasteiger partial charge on any atom is 0.00388 e. The first-order valence-electron chi connectivity index (χ1n) is 7.57. The average Bonchev–Trinajstić information content (AvgIpc) is 2.49. The van der Waals surface area contributed by atoms with Gasteiger partial charge in [-0.1, -0.05) is 60.7 Å². The molecule has 1 heteroatoms. The Kier molecular flexibility index (Phi) is 5.82.